The van der Waals surface area contributed by atoms with E-state index in [1.54, 1.807) is 6.92 Å². The van der Waals surface area contributed by atoms with Crippen molar-refractivity contribution in [2.45, 2.75) is 43.7 Å². The Bertz CT molecular complexity index is 521. The molecule has 7 heteroatoms. The molecule has 0 spiro atoms. The molecule has 2 N–H and O–H groups in total. The zero-order chi connectivity index (χ0) is 13.4. The van der Waals surface area contributed by atoms with Gasteiger partial charge in [0, 0.05) is 19.5 Å². The molecule has 0 bridgehead atoms. The number of sulfonamides is 1. The fraction of sp³-hybridized carbons (Fsp3) is 0.727. The van der Waals surface area contributed by atoms with Crippen LogP contribution >= 0.6 is 0 Å². The minimum absolute atomic E-state index is 0.108. The van der Waals surface area contributed by atoms with Crippen LogP contribution in [0.1, 0.15) is 32.5 Å². The van der Waals surface area contributed by atoms with Gasteiger partial charge in [-0.2, -0.15) is 4.31 Å². The maximum Gasteiger partial charge on any atom is 0.260 e. The van der Waals surface area contributed by atoms with Crippen LogP contribution in [0.15, 0.2) is 11.2 Å². The molecule has 0 saturated carbocycles. The Morgan fingerprint density at radius 1 is 1.61 bits per heavy atom. The molecular formula is C11H19N3O3S. The molecule has 102 valence electrons. The first-order chi connectivity index (χ1) is 8.35. The highest BCUT2D eigenvalue weighted by Gasteiger charge is 2.36. The first kappa shape index (κ1) is 13.5. The van der Waals surface area contributed by atoms with Crippen LogP contribution in [-0.2, 0) is 16.4 Å². The molecule has 0 aliphatic carbocycles. The van der Waals surface area contributed by atoms with E-state index in [1.807, 2.05) is 6.92 Å². The lowest BCUT2D eigenvalue weighted by molar-refractivity contribution is 0.00934. The number of nitrogens with zero attached hydrogens (tertiary/aromatic N) is 2. The maximum absolute atomic E-state index is 12.3. The minimum Gasteiger partial charge on any atom is -0.389 e. The number of aromatic amines is 1. The van der Waals surface area contributed by atoms with Crippen molar-refractivity contribution in [2.24, 2.45) is 0 Å². The van der Waals surface area contributed by atoms with Gasteiger partial charge in [-0.25, -0.2) is 13.4 Å². The van der Waals surface area contributed by atoms with Crippen LogP contribution in [0.3, 0.4) is 0 Å². The van der Waals surface area contributed by atoms with Crippen molar-refractivity contribution in [3.05, 3.63) is 12.0 Å². The first-order valence-corrected chi connectivity index (χ1v) is 7.55. The van der Waals surface area contributed by atoms with E-state index >= 15 is 0 Å². The van der Waals surface area contributed by atoms with Gasteiger partial charge in [-0.3, -0.25) is 0 Å². The largest absolute Gasteiger partial charge is 0.389 e. The second kappa shape index (κ2) is 4.64. The van der Waals surface area contributed by atoms with Crippen LogP contribution in [0.2, 0.25) is 0 Å². The van der Waals surface area contributed by atoms with E-state index in [2.05, 4.69) is 9.97 Å². The molecule has 1 aliphatic heterocycles. The molecule has 1 saturated heterocycles. The number of aromatic nitrogens is 2. The molecule has 1 aromatic rings. The van der Waals surface area contributed by atoms with E-state index in [0.29, 0.717) is 31.6 Å². The molecule has 0 aromatic carbocycles. The van der Waals surface area contributed by atoms with Gasteiger partial charge in [0.25, 0.3) is 10.0 Å². The van der Waals surface area contributed by atoms with Crippen LogP contribution in [0, 0.1) is 0 Å². The number of rotatable bonds is 3. The Kier molecular flexibility index (Phi) is 3.48. The summed E-state index contributed by atoms with van der Waals surface area (Å²) in [6.07, 6.45) is 3.30. The SMILES string of the molecule is CCc1ncc(S(=O)(=O)N2CCCC(C)(O)C2)[nH]1. The Labute approximate surface area is 107 Å². The van der Waals surface area contributed by atoms with E-state index in [4.69, 9.17) is 0 Å². The van der Waals surface area contributed by atoms with E-state index in [0.717, 1.165) is 0 Å². The standard InChI is InChI=1S/C11H19N3O3S/c1-3-9-12-7-10(13-9)18(16,17)14-6-4-5-11(2,15)8-14/h7,15H,3-6,8H2,1-2H3,(H,12,13). The fourth-order valence-electron chi connectivity index (χ4n) is 2.17. The van der Waals surface area contributed by atoms with Crippen LogP contribution in [0.5, 0.6) is 0 Å². The van der Waals surface area contributed by atoms with Gasteiger partial charge < -0.3 is 10.1 Å². The number of nitrogens with one attached hydrogen (secondary N) is 1. The van der Waals surface area contributed by atoms with Crippen LogP contribution in [0.25, 0.3) is 0 Å². The molecule has 1 unspecified atom stereocenters. The van der Waals surface area contributed by atoms with Crippen LogP contribution in [-0.4, -0.2) is 46.5 Å². The zero-order valence-corrected chi connectivity index (χ0v) is 11.5. The lowest BCUT2D eigenvalue weighted by atomic mass is 9.97. The summed E-state index contributed by atoms with van der Waals surface area (Å²) in [5.74, 6) is 0.650. The summed E-state index contributed by atoms with van der Waals surface area (Å²) in [6.45, 7) is 4.15. The molecular weight excluding hydrogens is 254 g/mol. The summed E-state index contributed by atoms with van der Waals surface area (Å²) in [6, 6.07) is 0. The lowest BCUT2D eigenvalue weighted by Crippen LogP contribution is -2.48. The van der Waals surface area contributed by atoms with Crippen LogP contribution < -0.4 is 0 Å². The molecule has 18 heavy (non-hydrogen) atoms. The molecule has 2 heterocycles. The van der Waals surface area contributed by atoms with Crippen molar-refractivity contribution >= 4 is 10.0 Å². The average Bonchev–Trinajstić information content (AvgIpc) is 2.76. The topological polar surface area (TPSA) is 86.3 Å². The van der Waals surface area contributed by atoms with Crippen molar-refractivity contribution in [2.75, 3.05) is 13.1 Å². The van der Waals surface area contributed by atoms with E-state index in [1.165, 1.54) is 10.5 Å². The Morgan fingerprint density at radius 3 is 2.89 bits per heavy atom. The number of aliphatic hydroxyl groups is 1. The predicted octanol–water partition coefficient (Wildman–Crippen LogP) is 0.508. The van der Waals surface area contributed by atoms with Crippen molar-refractivity contribution in [3.8, 4) is 0 Å². The highest BCUT2D eigenvalue weighted by molar-refractivity contribution is 7.89. The number of hydrogen-bond donors (Lipinski definition) is 2. The summed E-state index contributed by atoms with van der Waals surface area (Å²) in [4.78, 5) is 6.81. The Balaban J connectivity index is 2.25. The summed E-state index contributed by atoms with van der Waals surface area (Å²) in [7, 11) is -3.57. The molecule has 0 radical (unpaired) electrons. The van der Waals surface area contributed by atoms with Gasteiger partial charge >= 0.3 is 0 Å². The third-order valence-corrected chi connectivity index (χ3v) is 4.95. The Morgan fingerprint density at radius 2 is 2.33 bits per heavy atom. The van der Waals surface area contributed by atoms with Crippen molar-refractivity contribution in [3.63, 3.8) is 0 Å². The second-order valence-corrected chi connectivity index (χ2v) is 6.89. The summed E-state index contributed by atoms with van der Waals surface area (Å²) < 4.78 is 26.0. The zero-order valence-electron chi connectivity index (χ0n) is 10.7. The molecule has 1 aliphatic rings. The minimum atomic E-state index is -3.57. The molecule has 1 fully saturated rings. The normalized spacial score (nSPS) is 26.4. The van der Waals surface area contributed by atoms with Gasteiger partial charge in [0.2, 0.25) is 0 Å². The highest BCUT2D eigenvalue weighted by atomic mass is 32.2. The number of piperidine rings is 1. The summed E-state index contributed by atoms with van der Waals surface area (Å²) >= 11 is 0. The van der Waals surface area contributed by atoms with Crippen LogP contribution in [0.4, 0.5) is 0 Å². The van der Waals surface area contributed by atoms with Gasteiger partial charge in [-0.05, 0) is 19.8 Å². The Hall–Kier alpha value is -0.920. The number of H-pyrrole nitrogens is 1. The highest BCUT2D eigenvalue weighted by Crippen LogP contribution is 2.25. The molecule has 1 atom stereocenters. The molecule has 0 amide bonds. The predicted molar refractivity (Wildman–Crippen MR) is 66.6 cm³/mol. The van der Waals surface area contributed by atoms with Gasteiger partial charge in [-0.15, -0.1) is 0 Å². The smallest absolute Gasteiger partial charge is 0.260 e. The number of imidazole rings is 1. The molecule has 6 nitrogen and oxygen atoms in total. The molecule has 1 aromatic heterocycles. The third kappa shape index (κ3) is 2.57. The maximum atomic E-state index is 12.3. The average molecular weight is 273 g/mol. The van der Waals surface area contributed by atoms with Gasteiger partial charge in [0.15, 0.2) is 5.03 Å². The summed E-state index contributed by atoms with van der Waals surface area (Å²) in [5, 5.41) is 10.1. The van der Waals surface area contributed by atoms with Gasteiger partial charge in [0.05, 0.1) is 11.8 Å². The monoisotopic (exact) mass is 273 g/mol. The lowest BCUT2D eigenvalue weighted by Gasteiger charge is -2.35. The van der Waals surface area contributed by atoms with Crippen molar-refractivity contribution < 1.29 is 13.5 Å². The second-order valence-electron chi connectivity index (χ2n) is 4.99. The number of hydrogen-bond acceptors (Lipinski definition) is 4. The number of aryl methyl sites for hydroxylation is 1. The molecule has 2 rings (SSSR count). The first-order valence-electron chi connectivity index (χ1n) is 6.11. The van der Waals surface area contributed by atoms with E-state index in [9.17, 15) is 13.5 Å². The van der Waals surface area contributed by atoms with Gasteiger partial charge in [0.1, 0.15) is 5.82 Å². The van der Waals surface area contributed by atoms with E-state index < -0.39 is 15.6 Å². The van der Waals surface area contributed by atoms with Gasteiger partial charge in [-0.1, -0.05) is 6.92 Å². The fourth-order valence-corrected chi connectivity index (χ4v) is 3.70. The number of β-amino-alcohol motifs (C(OH)–C–C–N with tert-alkyl or cyclic N) is 1. The van der Waals surface area contributed by atoms with Crippen molar-refractivity contribution in [1.82, 2.24) is 14.3 Å². The summed E-state index contributed by atoms with van der Waals surface area (Å²) in [5.41, 5.74) is -0.946. The quantitative estimate of drug-likeness (QED) is 0.840. The van der Waals surface area contributed by atoms with E-state index in [-0.39, 0.29) is 11.6 Å². The van der Waals surface area contributed by atoms with Crippen molar-refractivity contribution in [1.29, 1.82) is 0 Å². The third-order valence-electron chi connectivity index (χ3n) is 3.20.